The van der Waals surface area contributed by atoms with Crippen molar-refractivity contribution in [2.45, 2.75) is 25.0 Å². The summed E-state index contributed by atoms with van der Waals surface area (Å²) in [6, 6.07) is 26.7. The SMILES string of the molecule is Cc1ccc(N2C(=O)[C@@H](Cc3cccc(Cl)c3)S/C2=C(/C#N)C(=O)NCCc2ccccc2)cc1. The lowest BCUT2D eigenvalue weighted by Gasteiger charge is -2.19. The Morgan fingerprint density at radius 1 is 1.06 bits per heavy atom. The molecular formula is C28H24ClN3O2S. The molecule has 2 amide bonds. The summed E-state index contributed by atoms with van der Waals surface area (Å²) < 4.78 is 0. The summed E-state index contributed by atoms with van der Waals surface area (Å²) in [5, 5.41) is 13.3. The molecule has 1 atom stereocenters. The predicted molar refractivity (Wildman–Crippen MR) is 141 cm³/mol. The van der Waals surface area contributed by atoms with Crippen molar-refractivity contribution in [1.82, 2.24) is 5.32 Å². The molecule has 0 bridgehead atoms. The van der Waals surface area contributed by atoms with E-state index in [0.717, 1.165) is 16.7 Å². The zero-order valence-electron chi connectivity index (χ0n) is 19.2. The molecule has 1 aliphatic rings. The number of rotatable bonds is 7. The van der Waals surface area contributed by atoms with Crippen molar-refractivity contribution < 1.29 is 9.59 Å². The fourth-order valence-corrected chi connectivity index (χ4v) is 5.37. The van der Waals surface area contributed by atoms with Crippen LogP contribution in [0.15, 0.2) is 89.5 Å². The first-order chi connectivity index (χ1) is 17.0. The highest BCUT2D eigenvalue weighted by atomic mass is 35.5. The molecule has 7 heteroatoms. The second kappa shape index (κ2) is 11.3. The van der Waals surface area contributed by atoms with Crippen LogP contribution in [0.5, 0.6) is 0 Å². The molecule has 1 fully saturated rings. The average molecular weight is 502 g/mol. The van der Waals surface area contributed by atoms with Gasteiger partial charge in [0.05, 0.1) is 5.25 Å². The molecule has 3 aromatic carbocycles. The molecule has 1 heterocycles. The minimum atomic E-state index is -0.487. The number of amides is 2. The predicted octanol–water partition coefficient (Wildman–Crippen LogP) is 5.43. The van der Waals surface area contributed by atoms with E-state index in [1.165, 1.54) is 16.7 Å². The van der Waals surface area contributed by atoms with Gasteiger partial charge in [0.2, 0.25) is 5.91 Å². The van der Waals surface area contributed by atoms with Gasteiger partial charge >= 0.3 is 0 Å². The van der Waals surface area contributed by atoms with Gasteiger partial charge in [0.25, 0.3) is 5.91 Å². The molecule has 0 saturated carbocycles. The third-order valence-electron chi connectivity index (χ3n) is 5.65. The molecule has 0 aliphatic carbocycles. The van der Waals surface area contributed by atoms with E-state index < -0.39 is 11.2 Å². The van der Waals surface area contributed by atoms with Gasteiger partial charge in [-0.1, -0.05) is 83.5 Å². The number of nitrogens with one attached hydrogen (secondary N) is 1. The molecule has 1 N–H and O–H groups in total. The van der Waals surface area contributed by atoms with Crippen molar-refractivity contribution >= 4 is 40.9 Å². The second-order valence-corrected chi connectivity index (χ2v) is 9.86. The van der Waals surface area contributed by atoms with Crippen LogP contribution in [0.2, 0.25) is 5.02 Å². The quantitative estimate of drug-likeness (QED) is 0.346. The standard InChI is InChI=1S/C28H24ClN3O2S/c1-19-10-12-23(13-11-19)32-27(34)25(17-21-8-5-9-22(29)16-21)35-28(32)24(18-30)26(33)31-15-14-20-6-3-2-4-7-20/h2-13,16,25H,14-15,17H2,1H3,(H,31,33)/b28-24-/t25-/m1/s1. The lowest BCUT2D eigenvalue weighted by atomic mass is 10.1. The number of nitrogens with zero attached hydrogens (tertiary/aromatic N) is 2. The van der Waals surface area contributed by atoms with Gasteiger partial charge in [-0.15, -0.1) is 0 Å². The van der Waals surface area contributed by atoms with Gasteiger partial charge in [-0.3, -0.25) is 14.5 Å². The summed E-state index contributed by atoms with van der Waals surface area (Å²) in [6.45, 7) is 2.35. The molecule has 0 spiro atoms. The largest absolute Gasteiger partial charge is 0.351 e. The molecule has 0 unspecified atom stereocenters. The van der Waals surface area contributed by atoms with Crippen LogP contribution in [0.3, 0.4) is 0 Å². The first-order valence-electron chi connectivity index (χ1n) is 11.2. The van der Waals surface area contributed by atoms with Gasteiger partial charge in [-0.05, 0) is 55.2 Å². The van der Waals surface area contributed by atoms with E-state index in [1.807, 2.05) is 85.8 Å². The van der Waals surface area contributed by atoms with Crippen molar-refractivity contribution in [2.75, 3.05) is 11.4 Å². The maximum absolute atomic E-state index is 13.5. The monoisotopic (exact) mass is 501 g/mol. The molecular weight excluding hydrogens is 478 g/mol. The zero-order chi connectivity index (χ0) is 24.8. The first-order valence-corrected chi connectivity index (χ1v) is 12.5. The number of thioether (sulfide) groups is 1. The Hall–Kier alpha value is -3.53. The molecule has 4 rings (SSSR count). The van der Waals surface area contributed by atoms with Crippen LogP contribution in [0.25, 0.3) is 0 Å². The van der Waals surface area contributed by atoms with E-state index in [1.54, 1.807) is 6.07 Å². The van der Waals surface area contributed by atoms with E-state index >= 15 is 0 Å². The lowest BCUT2D eigenvalue weighted by Crippen LogP contribution is -2.32. The Labute approximate surface area is 214 Å². The number of nitriles is 1. The first kappa shape index (κ1) is 24.6. The van der Waals surface area contributed by atoms with Crippen LogP contribution in [-0.4, -0.2) is 23.6 Å². The third-order valence-corrected chi connectivity index (χ3v) is 7.15. The van der Waals surface area contributed by atoms with Crippen molar-refractivity contribution in [3.05, 3.63) is 111 Å². The third kappa shape index (κ3) is 5.94. The minimum absolute atomic E-state index is 0.0643. The lowest BCUT2D eigenvalue weighted by molar-refractivity contribution is -0.117. The van der Waals surface area contributed by atoms with Gasteiger partial charge < -0.3 is 5.32 Å². The topological polar surface area (TPSA) is 73.2 Å². The van der Waals surface area contributed by atoms with Gasteiger partial charge in [0, 0.05) is 17.3 Å². The highest BCUT2D eigenvalue weighted by Gasteiger charge is 2.40. The van der Waals surface area contributed by atoms with Crippen LogP contribution in [0.4, 0.5) is 5.69 Å². The molecule has 176 valence electrons. The fraction of sp³-hybridized carbons (Fsp3) is 0.179. The normalized spacial score (nSPS) is 16.7. The summed E-state index contributed by atoms with van der Waals surface area (Å²) in [4.78, 5) is 28.1. The van der Waals surface area contributed by atoms with E-state index in [0.29, 0.717) is 35.1 Å². The maximum Gasteiger partial charge on any atom is 0.264 e. The van der Waals surface area contributed by atoms with Gasteiger partial charge in [-0.25, -0.2) is 0 Å². The summed E-state index contributed by atoms with van der Waals surface area (Å²) in [5.41, 5.74) is 3.62. The van der Waals surface area contributed by atoms with Gasteiger partial charge in [0.15, 0.2) is 0 Å². The minimum Gasteiger partial charge on any atom is -0.351 e. The van der Waals surface area contributed by atoms with Crippen molar-refractivity contribution in [2.24, 2.45) is 0 Å². The molecule has 35 heavy (non-hydrogen) atoms. The van der Waals surface area contributed by atoms with Gasteiger partial charge in [-0.2, -0.15) is 5.26 Å². The number of halogens is 1. The Kier molecular flexibility index (Phi) is 7.91. The Morgan fingerprint density at radius 3 is 2.46 bits per heavy atom. The summed E-state index contributed by atoms with van der Waals surface area (Å²) >= 11 is 7.38. The summed E-state index contributed by atoms with van der Waals surface area (Å²) in [5.74, 6) is -0.655. The average Bonchev–Trinajstić information content (AvgIpc) is 3.16. The molecule has 0 aromatic heterocycles. The number of benzene rings is 3. The van der Waals surface area contributed by atoms with Crippen LogP contribution in [0, 0.1) is 18.3 Å². The molecule has 5 nitrogen and oxygen atoms in total. The number of hydrogen-bond acceptors (Lipinski definition) is 4. The summed E-state index contributed by atoms with van der Waals surface area (Å²) in [7, 11) is 0. The summed E-state index contributed by atoms with van der Waals surface area (Å²) in [6.07, 6.45) is 1.08. The zero-order valence-corrected chi connectivity index (χ0v) is 20.8. The number of carbonyl (C=O) groups excluding carboxylic acids is 2. The smallest absolute Gasteiger partial charge is 0.264 e. The Balaban J connectivity index is 1.62. The van der Waals surface area contributed by atoms with Crippen LogP contribution in [0.1, 0.15) is 16.7 Å². The molecule has 3 aromatic rings. The van der Waals surface area contributed by atoms with E-state index in [4.69, 9.17) is 11.6 Å². The Bertz CT molecular complexity index is 1300. The second-order valence-electron chi connectivity index (χ2n) is 8.23. The molecule has 1 aliphatic heterocycles. The van der Waals surface area contributed by atoms with Crippen LogP contribution >= 0.6 is 23.4 Å². The highest BCUT2D eigenvalue weighted by molar-refractivity contribution is 8.05. The number of carbonyl (C=O) groups is 2. The van der Waals surface area contributed by atoms with Crippen LogP contribution in [-0.2, 0) is 22.4 Å². The van der Waals surface area contributed by atoms with E-state index in [2.05, 4.69) is 5.32 Å². The number of hydrogen-bond donors (Lipinski definition) is 1. The number of anilines is 1. The Morgan fingerprint density at radius 2 is 1.77 bits per heavy atom. The molecule has 0 radical (unpaired) electrons. The van der Waals surface area contributed by atoms with Crippen molar-refractivity contribution in [1.29, 1.82) is 5.26 Å². The maximum atomic E-state index is 13.5. The fourth-order valence-electron chi connectivity index (χ4n) is 3.85. The number of aryl methyl sites for hydroxylation is 1. The van der Waals surface area contributed by atoms with E-state index in [9.17, 15) is 14.9 Å². The van der Waals surface area contributed by atoms with E-state index in [-0.39, 0.29) is 11.5 Å². The van der Waals surface area contributed by atoms with Gasteiger partial charge in [0.1, 0.15) is 16.7 Å². The van der Waals surface area contributed by atoms with Crippen molar-refractivity contribution in [3.63, 3.8) is 0 Å². The highest BCUT2D eigenvalue weighted by Crippen LogP contribution is 2.42. The van der Waals surface area contributed by atoms with Crippen LogP contribution < -0.4 is 10.2 Å². The molecule has 1 saturated heterocycles. The van der Waals surface area contributed by atoms with Crippen molar-refractivity contribution in [3.8, 4) is 6.07 Å².